The molecule has 0 saturated heterocycles. The number of hydrogen-bond acceptors (Lipinski definition) is 3. The molecule has 0 spiro atoms. The zero-order chi connectivity index (χ0) is 7.97. The predicted molar refractivity (Wildman–Crippen MR) is 48.5 cm³/mol. The third-order valence-corrected chi connectivity index (χ3v) is 2.94. The highest BCUT2D eigenvalue weighted by Crippen LogP contribution is 2.17. The molecule has 12 heavy (non-hydrogen) atoms. The van der Waals surface area contributed by atoms with Crippen molar-refractivity contribution in [1.29, 1.82) is 0 Å². The Morgan fingerprint density at radius 1 is 1.25 bits per heavy atom. The topological polar surface area (TPSA) is 24.7 Å². The Kier molecular flexibility index (Phi) is 1.18. The third-order valence-electron chi connectivity index (χ3n) is 2.05. The van der Waals surface area contributed by atoms with E-state index in [9.17, 15) is 0 Å². The van der Waals surface area contributed by atoms with Crippen LogP contribution < -0.4 is 10.7 Å². The smallest absolute Gasteiger partial charge is 0.0983 e. The van der Waals surface area contributed by atoms with Gasteiger partial charge in [0.25, 0.3) is 0 Å². The Morgan fingerprint density at radius 2 is 2.25 bits per heavy atom. The van der Waals surface area contributed by atoms with E-state index < -0.39 is 0 Å². The molecule has 2 aliphatic heterocycles. The molecular weight excluding hydrogens is 168 g/mol. The van der Waals surface area contributed by atoms with Gasteiger partial charge >= 0.3 is 0 Å². The number of benzene rings is 1. The summed E-state index contributed by atoms with van der Waals surface area (Å²) in [6, 6.07) is 4.23. The SMILES string of the molecule is C1=Cc2ccc3c(c2=N1)=NCS3. The second kappa shape index (κ2) is 2.20. The fourth-order valence-corrected chi connectivity index (χ4v) is 2.27. The van der Waals surface area contributed by atoms with Crippen LogP contribution in [-0.2, 0) is 0 Å². The molecule has 3 rings (SSSR count). The molecule has 0 amide bonds. The van der Waals surface area contributed by atoms with Gasteiger partial charge in [0.05, 0.1) is 16.6 Å². The van der Waals surface area contributed by atoms with Crippen LogP contribution in [0.3, 0.4) is 0 Å². The molecule has 2 nitrogen and oxygen atoms in total. The Bertz CT molecular complexity index is 488. The lowest BCUT2D eigenvalue weighted by Crippen LogP contribution is -2.26. The first-order chi connectivity index (χ1) is 5.95. The molecule has 0 N–H and O–H groups in total. The monoisotopic (exact) mass is 174 g/mol. The Morgan fingerprint density at radius 3 is 3.25 bits per heavy atom. The van der Waals surface area contributed by atoms with E-state index in [1.165, 1.54) is 10.5 Å². The molecule has 0 saturated carbocycles. The summed E-state index contributed by atoms with van der Waals surface area (Å²) in [5, 5.41) is 2.14. The molecule has 2 aliphatic rings. The molecule has 58 valence electrons. The van der Waals surface area contributed by atoms with Gasteiger partial charge in [0.2, 0.25) is 0 Å². The predicted octanol–water partition coefficient (Wildman–Crippen LogP) is 0.973. The number of nitrogens with zero attached hydrogens (tertiary/aromatic N) is 2. The summed E-state index contributed by atoms with van der Waals surface area (Å²) in [7, 11) is 0. The molecule has 0 atom stereocenters. The van der Waals surface area contributed by atoms with Crippen molar-refractivity contribution in [3.05, 3.63) is 34.6 Å². The van der Waals surface area contributed by atoms with Gasteiger partial charge in [-0.2, -0.15) is 0 Å². The molecule has 1 aromatic rings. The van der Waals surface area contributed by atoms with E-state index >= 15 is 0 Å². The number of hydrogen-bond donors (Lipinski definition) is 0. The molecule has 0 bridgehead atoms. The summed E-state index contributed by atoms with van der Waals surface area (Å²) in [6.45, 7) is 0. The van der Waals surface area contributed by atoms with Crippen molar-refractivity contribution in [2.24, 2.45) is 9.98 Å². The minimum atomic E-state index is 0.849. The molecule has 1 aromatic carbocycles. The first-order valence-corrected chi connectivity index (χ1v) is 4.78. The van der Waals surface area contributed by atoms with Gasteiger partial charge < -0.3 is 0 Å². The first kappa shape index (κ1) is 6.43. The fraction of sp³-hybridized carbons (Fsp3) is 0.111. The van der Waals surface area contributed by atoms with Crippen LogP contribution in [0.15, 0.2) is 33.2 Å². The van der Waals surface area contributed by atoms with Crippen molar-refractivity contribution < 1.29 is 0 Å². The fourth-order valence-electron chi connectivity index (χ4n) is 1.47. The Labute approximate surface area is 73.7 Å². The summed E-state index contributed by atoms with van der Waals surface area (Å²) in [4.78, 5) is 9.95. The van der Waals surface area contributed by atoms with Crippen molar-refractivity contribution in [3.63, 3.8) is 0 Å². The zero-order valence-corrected chi connectivity index (χ0v) is 7.14. The Hall–Kier alpha value is -1.09. The van der Waals surface area contributed by atoms with Crippen LogP contribution in [0.25, 0.3) is 6.08 Å². The van der Waals surface area contributed by atoms with Gasteiger partial charge in [-0.25, -0.2) is 0 Å². The molecule has 0 fully saturated rings. The van der Waals surface area contributed by atoms with Crippen molar-refractivity contribution >= 4 is 17.8 Å². The van der Waals surface area contributed by atoms with Crippen molar-refractivity contribution in [3.8, 4) is 0 Å². The largest absolute Gasteiger partial charge is 0.271 e. The highest BCUT2D eigenvalue weighted by atomic mass is 32.2. The number of thioether (sulfide) groups is 1. The normalized spacial score (nSPS) is 16.7. The van der Waals surface area contributed by atoms with Crippen LogP contribution in [0, 0.1) is 0 Å². The van der Waals surface area contributed by atoms with Gasteiger partial charge in [0.15, 0.2) is 0 Å². The maximum absolute atomic E-state index is 4.40. The number of rotatable bonds is 0. The van der Waals surface area contributed by atoms with E-state index in [0.717, 1.165) is 16.6 Å². The van der Waals surface area contributed by atoms with Gasteiger partial charge in [-0.05, 0) is 12.1 Å². The highest BCUT2D eigenvalue weighted by molar-refractivity contribution is 7.99. The van der Waals surface area contributed by atoms with Gasteiger partial charge in [0, 0.05) is 16.7 Å². The van der Waals surface area contributed by atoms with Crippen LogP contribution in [0.1, 0.15) is 5.56 Å². The Balaban J connectivity index is 2.54. The molecule has 0 unspecified atom stereocenters. The van der Waals surface area contributed by atoms with Gasteiger partial charge in [-0.3, -0.25) is 9.98 Å². The summed E-state index contributed by atoms with van der Waals surface area (Å²) in [5.74, 6) is 0.849. The molecule has 0 radical (unpaired) electrons. The quantitative estimate of drug-likeness (QED) is 0.575. The summed E-state index contributed by atoms with van der Waals surface area (Å²) >= 11 is 1.78. The van der Waals surface area contributed by atoms with Crippen molar-refractivity contribution in [2.45, 2.75) is 4.90 Å². The minimum Gasteiger partial charge on any atom is -0.271 e. The van der Waals surface area contributed by atoms with E-state index in [0.29, 0.717) is 0 Å². The van der Waals surface area contributed by atoms with Crippen LogP contribution in [-0.4, -0.2) is 5.88 Å². The lowest BCUT2D eigenvalue weighted by molar-refractivity contribution is 1.14. The van der Waals surface area contributed by atoms with Crippen LogP contribution in [0.4, 0.5) is 0 Å². The lowest BCUT2D eigenvalue weighted by Gasteiger charge is -1.92. The molecule has 0 aromatic heterocycles. The first-order valence-electron chi connectivity index (χ1n) is 3.80. The second-order valence-corrected chi connectivity index (χ2v) is 3.71. The average molecular weight is 174 g/mol. The van der Waals surface area contributed by atoms with Crippen LogP contribution >= 0.6 is 11.8 Å². The van der Waals surface area contributed by atoms with Crippen molar-refractivity contribution in [2.75, 3.05) is 5.88 Å². The lowest BCUT2D eigenvalue weighted by atomic mass is 10.2. The summed E-state index contributed by atoms with van der Waals surface area (Å²) < 4.78 is 0. The van der Waals surface area contributed by atoms with E-state index in [2.05, 4.69) is 22.1 Å². The standard InChI is InChI=1S/C9H6N2S/c1-2-7-9(11-5-12-7)8-6(1)3-4-10-8/h1-4H,5H2. The second-order valence-electron chi connectivity index (χ2n) is 2.73. The molecule has 3 heteroatoms. The van der Waals surface area contributed by atoms with Gasteiger partial charge in [-0.15, -0.1) is 11.8 Å². The average Bonchev–Trinajstić information content (AvgIpc) is 2.71. The van der Waals surface area contributed by atoms with E-state index in [-0.39, 0.29) is 0 Å². The van der Waals surface area contributed by atoms with Crippen molar-refractivity contribution in [1.82, 2.24) is 0 Å². The number of fused-ring (bicyclic) bond motifs is 3. The van der Waals surface area contributed by atoms with Crippen LogP contribution in [0.5, 0.6) is 0 Å². The third kappa shape index (κ3) is 0.716. The zero-order valence-electron chi connectivity index (χ0n) is 6.32. The highest BCUT2D eigenvalue weighted by Gasteiger charge is 2.09. The molecule has 0 aliphatic carbocycles. The maximum atomic E-state index is 4.40. The summed E-state index contributed by atoms with van der Waals surface area (Å²) in [5.41, 5.74) is 1.19. The van der Waals surface area contributed by atoms with E-state index in [4.69, 9.17) is 0 Å². The molecule has 2 heterocycles. The molecular formula is C9H6N2S. The van der Waals surface area contributed by atoms with Gasteiger partial charge in [0.1, 0.15) is 0 Å². The minimum absolute atomic E-state index is 0.849. The maximum Gasteiger partial charge on any atom is 0.0983 e. The summed E-state index contributed by atoms with van der Waals surface area (Å²) in [6.07, 6.45) is 3.86. The van der Waals surface area contributed by atoms with Gasteiger partial charge in [-0.1, -0.05) is 6.07 Å². The van der Waals surface area contributed by atoms with E-state index in [1.54, 1.807) is 11.8 Å². The van der Waals surface area contributed by atoms with Crippen LogP contribution in [0.2, 0.25) is 0 Å². The van der Waals surface area contributed by atoms with E-state index in [1.807, 2.05) is 12.3 Å².